The zero-order valence-corrected chi connectivity index (χ0v) is 26.0. The van der Waals surface area contributed by atoms with E-state index in [4.69, 9.17) is 59.0 Å². The summed E-state index contributed by atoms with van der Waals surface area (Å²) in [4.78, 5) is 0. The lowest BCUT2D eigenvalue weighted by Gasteiger charge is -2.09. The van der Waals surface area contributed by atoms with Crippen LogP contribution in [0.25, 0.3) is 0 Å². The fraction of sp³-hybridized carbons (Fsp3) is 1.00. The van der Waals surface area contributed by atoms with Gasteiger partial charge in [0.25, 0.3) is 0 Å². The smallest absolute Gasteiger partial charge is 0.0701 e. The Morgan fingerprint density at radius 3 is 0.750 bits per heavy atom. The number of halogens is 1. The summed E-state index contributed by atoms with van der Waals surface area (Å²) in [6.45, 7) is 13.9. The van der Waals surface area contributed by atoms with E-state index in [-0.39, 0.29) is 0 Å². The van der Waals surface area contributed by atoms with Gasteiger partial charge in [-0.05, 0) is 19.3 Å². The first-order valence-electron chi connectivity index (χ1n) is 15.2. The zero-order valence-electron chi connectivity index (χ0n) is 25.3. The average Bonchev–Trinajstić information content (AvgIpc) is 2.97. The molecular formula is C29H59ClO10. The molecule has 0 heterocycles. The van der Waals surface area contributed by atoms with Crippen LogP contribution >= 0.6 is 11.6 Å². The van der Waals surface area contributed by atoms with Crippen molar-refractivity contribution in [3.8, 4) is 0 Å². The third-order valence-electron chi connectivity index (χ3n) is 5.41. The second kappa shape index (κ2) is 38.9. The normalized spacial score (nSPS) is 11.6. The van der Waals surface area contributed by atoms with Crippen LogP contribution in [0.15, 0.2) is 0 Å². The molecule has 0 bridgehead atoms. The van der Waals surface area contributed by atoms with E-state index in [1.165, 1.54) is 25.7 Å². The Labute approximate surface area is 248 Å². The molecule has 0 spiro atoms. The predicted molar refractivity (Wildman–Crippen MR) is 157 cm³/mol. The molecule has 242 valence electrons. The van der Waals surface area contributed by atoms with Gasteiger partial charge in [-0.25, -0.2) is 0 Å². The average molecular weight is 603 g/mol. The van der Waals surface area contributed by atoms with Gasteiger partial charge in [0.05, 0.1) is 119 Å². The number of alkyl halides is 1. The highest BCUT2D eigenvalue weighted by Crippen LogP contribution is 2.01. The van der Waals surface area contributed by atoms with Crippen LogP contribution < -0.4 is 0 Å². The topological polar surface area (TPSA) is 92.3 Å². The summed E-state index contributed by atoms with van der Waals surface area (Å²) in [7, 11) is 0. The highest BCUT2D eigenvalue weighted by molar-refractivity contribution is 6.17. The molecule has 0 N–H and O–H groups in total. The molecule has 0 aliphatic rings. The van der Waals surface area contributed by atoms with Crippen LogP contribution in [-0.4, -0.2) is 138 Å². The predicted octanol–water partition coefficient (Wildman–Crippen LogP) is 4.14. The summed E-state index contributed by atoms with van der Waals surface area (Å²) in [5.74, 6) is 0.747. The van der Waals surface area contributed by atoms with Crippen molar-refractivity contribution in [2.75, 3.05) is 138 Å². The number of unbranched alkanes of at least 4 members (excludes halogenated alkanes) is 5. The molecule has 0 aromatic heterocycles. The lowest BCUT2D eigenvalue weighted by molar-refractivity contribution is -0.0264. The summed E-state index contributed by atoms with van der Waals surface area (Å²) >= 11 is 5.65. The van der Waals surface area contributed by atoms with Crippen molar-refractivity contribution in [1.82, 2.24) is 0 Å². The number of rotatable bonds is 37. The molecule has 0 atom stereocenters. The highest BCUT2D eigenvalue weighted by Gasteiger charge is 1.96. The molecule has 0 aliphatic heterocycles. The van der Waals surface area contributed by atoms with Crippen LogP contribution in [0.1, 0.15) is 51.9 Å². The highest BCUT2D eigenvalue weighted by atomic mass is 35.5. The standard InChI is InChI=1S/C29H59ClO10/c1-2-3-7-10-31-12-14-33-16-18-35-20-22-37-24-26-39-28-29-40-27-25-38-23-21-36-19-17-34-15-13-32-11-8-5-4-6-9-30/h2-29H2,1H3. The molecule has 0 saturated heterocycles. The maximum absolute atomic E-state index is 5.65. The summed E-state index contributed by atoms with van der Waals surface area (Å²) in [6, 6.07) is 0. The van der Waals surface area contributed by atoms with E-state index in [1.807, 2.05) is 0 Å². The van der Waals surface area contributed by atoms with Crippen molar-refractivity contribution in [3.05, 3.63) is 0 Å². The van der Waals surface area contributed by atoms with Crippen molar-refractivity contribution in [2.24, 2.45) is 0 Å². The molecule has 0 unspecified atom stereocenters. The van der Waals surface area contributed by atoms with E-state index in [2.05, 4.69) is 6.92 Å². The van der Waals surface area contributed by atoms with Gasteiger partial charge in [-0.1, -0.05) is 32.6 Å². The summed E-state index contributed by atoms with van der Waals surface area (Å²) in [6.07, 6.45) is 8.07. The Hall–Kier alpha value is -0.110. The molecule has 0 aliphatic carbocycles. The van der Waals surface area contributed by atoms with Crippen LogP contribution in [0.3, 0.4) is 0 Å². The first-order valence-corrected chi connectivity index (χ1v) is 15.8. The molecule has 0 radical (unpaired) electrons. The molecule has 0 aromatic carbocycles. The number of hydrogen-bond acceptors (Lipinski definition) is 10. The maximum atomic E-state index is 5.65. The Kier molecular flexibility index (Phi) is 38.8. The molecule has 10 nitrogen and oxygen atoms in total. The van der Waals surface area contributed by atoms with Crippen LogP contribution in [-0.2, 0) is 47.4 Å². The van der Waals surface area contributed by atoms with E-state index in [1.54, 1.807) is 0 Å². The van der Waals surface area contributed by atoms with E-state index in [0.29, 0.717) is 119 Å². The van der Waals surface area contributed by atoms with Gasteiger partial charge in [-0.2, -0.15) is 0 Å². The van der Waals surface area contributed by atoms with Gasteiger partial charge in [-0.15, -0.1) is 11.6 Å². The Morgan fingerprint density at radius 1 is 0.275 bits per heavy atom. The minimum atomic E-state index is 0.530. The van der Waals surface area contributed by atoms with Gasteiger partial charge >= 0.3 is 0 Å². The van der Waals surface area contributed by atoms with Crippen molar-refractivity contribution >= 4 is 11.6 Å². The van der Waals surface area contributed by atoms with E-state index >= 15 is 0 Å². The van der Waals surface area contributed by atoms with Gasteiger partial charge in [0.1, 0.15) is 0 Å². The largest absolute Gasteiger partial charge is 0.379 e. The van der Waals surface area contributed by atoms with Crippen molar-refractivity contribution in [1.29, 1.82) is 0 Å². The van der Waals surface area contributed by atoms with Gasteiger partial charge in [-0.3, -0.25) is 0 Å². The third-order valence-corrected chi connectivity index (χ3v) is 5.68. The second-order valence-corrected chi connectivity index (χ2v) is 9.31. The quantitative estimate of drug-likeness (QED) is 0.0763. The van der Waals surface area contributed by atoms with Crippen molar-refractivity contribution in [3.63, 3.8) is 0 Å². The number of ether oxygens (including phenoxy) is 10. The van der Waals surface area contributed by atoms with E-state index in [9.17, 15) is 0 Å². The number of hydrogen-bond donors (Lipinski definition) is 0. The summed E-state index contributed by atoms with van der Waals surface area (Å²) in [5, 5.41) is 0. The minimum Gasteiger partial charge on any atom is -0.379 e. The molecule has 0 fully saturated rings. The van der Waals surface area contributed by atoms with Crippen LogP contribution in [0, 0.1) is 0 Å². The summed E-state index contributed by atoms with van der Waals surface area (Å²) in [5.41, 5.74) is 0. The monoisotopic (exact) mass is 602 g/mol. The van der Waals surface area contributed by atoms with E-state index in [0.717, 1.165) is 38.4 Å². The van der Waals surface area contributed by atoms with Gasteiger partial charge in [0, 0.05) is 19.1 Å². The molecule has 0 aromatic rings. The van der Waals surface area contributed by atoms with Crippen molar-refractivity contribution in [2.45, 2.75) is 51.9 Å². The molecule has 0 saturated carbocycles. The second-order valence-electron chi connectivity index (χ2n) is 8.93. The van der Waals surface area contributed by atoms with Gasteiger partial charge in [0.2, 0.25) is 0 Å². The molecule has 11 heteroatoms. The third kappa shape index (κ3) is 37.9. The van der Waals surface area contributed by atoms with Crippen LogP contribution in [0.5, 0.6) is 0 Å². The Balaban J connectivity index is 3.01. The fourth-order valence-corrected chi connectivity index (χ4v) is 3.38. The van der Waals surface area contributed by atoms with Gasteiger partial charge < -0.3 is 47.4 Å². The van der Waals surface area contributed by atoms with Crippen molar-refractivity contribution < 1.29 is 47.4 Å². The minimum absolute atomic E-state index is 0.530. The molecule has 40 heavy (non-hydrogen) atoms. The molecular weight excluding hydrogens is 544 g/mol. The first-order chi connectivity index (χ1) is 19.9. The maximum Gasteiger partial charge on any atom is 0.0701 e. The fourth-order valence-electron chi connectivity index (χ4n) is 3.19. The Morgan fingerprint density at radius 2 is 0.500 bits per heavy atom. The van der Waals surface area contributed by atoms with Crippen LogP contribution in [0.4, 0.5) is 0 Å². The molecule has 0 amide bonds. The zero-order chi connectivity index (χ0) is 28.9. The lowest BCUT2D eigenvalue weighted by Crippen LogP contribution is -2.15. The SMILES string of the molecule is CCCCCOCCOCCOCCOCCOCCOCCOCCOCCOCCOCCCCCCCl. The van der Waals surface area contributed by atoms with Crippen LogP contribution in [0.2, 0.25) is 0 Å². The first kappa shape index (κ1) is 39.9. The molecule has 0 rings (SSSR count). The van der Waals surface area contributed by atoms with Gasteiger partial charge in [0.15, 0.2) is 0 Å². The summed E-state index contributed by atoms with van der Waals surface area (Å²) < 4.78 is 54.8. The Bertz CT molecular complexity index is 400. The lowest BCUT2D eigenvalue weighted by atomic mass is 10.2. The van der Waals surface area contributed by atoms with E-state index < -0.39 is 0 Å².